The molecule has 0 aliphatic carbocycles. The van der Waals surface area contributed by atoms with E-state index in [1.54, 1.807) is 6.92 Å². The predicted molar refractivity (Wildman–Crippen MR) is 86.4 cm³/mol. The fraction of sp³-hybridized carbons (Fsp3) is 0.118. The SMILES string of the molecule is C=Nc1nc(N=C(C)c2ccc(C(=C)C)cc2)c(F)cc1F. The molecular weight excluding hydrogens is 284 g/mol. The van der Waals surface area contributed by atoms with E-state index < -0.39 is 11.6 Å². The molecule has 0 unspecified atom stereocenters. The average Bonchev–Trinajstić information content (AvgIpc) is 2.50. The molecule has 0 spiro atoms. The van der Waals surface area contributed by atoms with Crippen molar-refractivity contribution in [2.45, 2.75) is 13.8 Å². The van der Waals surface area contributed by atoms with Crippen molar-refractivity contribution in [3.8, 4) is 0 Å². The van der Waals surface area contributed by atoms with Crippen LogP contribution in [0.25, 0.3) is 5.57 Å². The number of nitrogens with zero attached hydrogens (tertiary/aromatic N) is 3. The van der Waals surface area contributed by atoms with Crippen LogP contribution in [0.5, 0.6) is 0 Å². The third-order valence-corrected chi connectivity index (χ3v) is 3.11. The van der Waals surface area contributed by atoms with Gasteiger partial charge in [-0.25, -0.2) is 23.7 Å². The molecule has 0 fully saturated rings. The van der Waals surface area contributed by atoms with Gasteiger partial charge in [-0.3, -0.25) is 0 Å². The molecule has 0 saturated heterocycles. The Bertz CT molecular complexity index is 762. The zero-order valence-electron chi connectivity index (χ0n) is 12.4. The van der Waals surface area contributed by atoms with Crippen LogP contribution in [0, 0.1) is 11.6 Å². The molecule has 0 saturated carbocycles. The maximum absolute atomic E-state index is 13.7. The van der Waals surface area contributed by atoms with Crippen LogP contribution < -0.4 is 0 Å². The molecule has 0 aliphatic heterocycles. The zero-order valence-corrected chi connectivity index (χ0v) is 12.4. The second-order valence-electron chi connectivity index (χ2n) is 4.81. The Hall–Kier alpha value is -2.69. The Labute approximate surface area is 127 Å². The normalized spacial score (nSPS) is 11.4. The lowest BCUT2D eigenvalue weighted by Gasteiger charge is -2.05. The minimum atomic E-state index is -0.866. The maximum atomic E-state index is 13.7. The van der Waals surface area contributed by atoms with Crippen molar-refractivity contribution in [2.24, 2.45) is 9.98 Å². The number of benzene rings is 1. The molecule has 22 heavy (non-hydrogen) atoms. The van der Waals surface area contributed by atoms with E-state index >= 15 is 0 Å². The van der Waals surface area contributed by atoms with Crippen molar-refractivity contribution in [3.63, 3.8) is 0 Å². The van der Waals surface area contributed by atoms with E-state index in [1.165, 1.54) is 0 Å². The maximum Gasteiger partial charge on any atom is 0.190 e. The molecule has 0 amide bonds. The highest BCUT2D eigenvalue weighted by molar-refractivity contribution is 6.00. The first kappa shape index (κ1) is 15.7. The van der Waals surface area contributed by atoms with Gasteiger partial charge in [0.25, 0.3) is 0 Å². The third kappa shape index (κ3) is 3.31. The van der Waals surface area contributed by atoms with Gasteiger partial charge in [-0.1, -0.05) is 36.4 Å². The van der Waals surface area contributed by atoms with E-state index in [0.717, 1.165) is 16.7 Å². The van der Waals surface area contributed by atoms with Crippen molar-refractivity contribution in [1.82, 2.24) is 4.98 Å². The molecule has 2 aromatic rings. The summed E-state index contributed by atoms with van der Waals surface area (Å²) in [5.41, 5.74) is 3.33. The molecule has 0 radical (unpaired) electrons. The summed E-state index contributed by atoms with van der Waals surface area (Å²) >= 11 is 0. The molecule has 0 atom stereocenters. The van der Waals surface area contributed by atoms with Gasteiger partial charge in [0.05, 0.1) is 0 Å². The highest BCUT2D eigenvalue weighted by atomic mass is 19.1. The summed E-state index contributed by atoms with van der Waals surface area (Å²) in [4.78, 5) is 11.2. The van der Waals surface area contributed by atoms with Gasteiger partial charge in [0.2, 0.25) is 0 Å². The fourth-order valence-corrected chi connectivity index (χ4v) is 1.86. The molecule has 0 bridgehead atoms. The summed E-state index contributed by atoms with van der Waals surface area (Å²) in [7, 11) is 0. The Kier molecular flexibility index (Phi) is 4.56. The van der Waals surface area contributed by atoms with Gasteiger partial charge in [-0.15, -0.1) is 0 Å². The Balaban J connectivity index is 2.40. The number of halogens is 2. The first-order valence-corrected chi connectivity index (χ1v) is 6.56. The lowest BCUT2D eigenvalue weighted by atomic mass is 10.0. The summed E-state index contributed by atoms with van der Waals surface area (Å²) in [6.07, 6.45) is 0. The number of rotatable bonds is 4. The van der Waals surface area contributed by atoms with Gasteiger partial charge in [0, 0.05) is 11.8 Å². The molecule has 3 nitrogen and oxygen atoms in total. The smallest absolute Gasteiger partial charge is 0.190 e. The largest absolute Gasteiger partial charge is 0.242 e. The molecule has 0 N–H and O–H groups in total. The van der Waals surface area contributed by atoms with Crippen LogP contribution in [-0.4, -0.2) is 17.4 Å². The minimum absolute atomic E-state index is 0.217. The van der Waals surface area contributed by atoms with Crippen LogP contribution >= 0.6 is 0 Å². The lowest BCUT2D eigenvalue weighted by molar-refractivity contribution is 0.577. The summed E-state index contributed by atoms with van der Waals surface area (Å²) in [5, 5.41) is 0. The number of allylic oxidation sites excluding steroid dienone is 1. The van der Waals surface area contributed by atoms with Crippen LogP contribution in [0.1, 0.15) is 25.0 Å². The molecule has 1 heterocycles. The Morgan fingerprint density at radius 2 is 1.55 bits per heavy atom. The summed E-state index contributed by atoms with van der Waals surface area (Å²) in [5.74, 6) is -2.20. The molecule has 112 valence electrons. The molecule has 1 aromatic heterocycles. The van der Waals surface area contributed by atoms with Crippen molar-refractivity contribution in [2.75, 3.05) is 0 Å². The van der Waals surface area contributed by atoms with Crippen LogP contribution in [0.15, 0.2) is 46.9 Å². The Morgan fingerprint density at radius 3 is 2.09 bits per heavy atom. The standard InChI is InChI=1S/C17H15F2N3/c1-10(2)12-5-7-13(8-6-12)11(3)21-17-15(19)9-14(18)16(20-4)22-17/h5-9H,1,4H2,2-3H3. The number of pyridine rings is 1. The Morgan fingerprint density at radius 1 is 1.00 bits per heavy atom. The first-order valence-electron chi connectivity index (χ1n) is 6.56. The number of hydrogen-bond acceptors (Lipinski definition) is 3. The van der Waals surface area contributed by atoms with Gasteiger partial charge in [0.1, 0.15) is 0 Å². The van der Waals surface area contributed by atoms with Crippen molar-refractivity contribution >= 4 is 29.6 Å². The number of hydrogen-bond donors (Lipinski definition) is 0. The molecule has 0 aliphatic rings. The monoisotopic (exact) mass is 299 g/mol. The van der Waals surface area contributed by atoms with Crippen molar-refractivity contribution < 1.29 is 8.78 Å². The third-order valence-electron chi connectivity index (χ3n) is 3.11. The highest BCUT2D eigenvalue weighted by Crippen LogP contribution is 2.24. The van der Waals surface area contributed by atoms with Gasteiger partial charge in [-0.05, 0) is 31.7 Å². The summed E-state index contributed by atoms with van der Waals surface area (Å²) < 4.78 is 27.0. The minimum Gasteiger partial charge on any atom is -0.242 e. The number of aromatic nitrogens is 1. The van der Waals surface area contributed by atoms with Gasteiger partial charge < -0.3 is 0 Å². The van der Waals surface area contributed by atoms with E-state index in [0.29, 0.717) is 11.8 Å². The van der Waals surface area contributed by atoms with Gasteiger partial charge >= 0.3 is 0 Å². The number of aliphatic imine (C=N–C) groups is 2. The van der Waals surface area contributed by atoms with E-state index in [4.69, 9.17) is 0 Å². The predicted octanol–water partition coefficient (Wildman–Crippen LogP) is 4.87. The van der Waals surface area contributed by atoms with E-state index in [1.807, 2.05) is 31.2 Å². The topological polar surface area (TPSA) is 37.6 Å². The second kappa shape index (κ2) is 6.39. The van der Waals surface area contributed by atoms with Crippen molar-refractivity contribution in [1.29, 1.82) is 0 Å². The van der Waals surface area contributed by atoms with E-state index in [-0.39, 0.29) is 11.6 Å². The van der Waals surface area contributed by atoms with Crippen LogP contribution in [0.2, 0.25) is 0 Å². The van der Waals surface area contributed by atoms with E-state index in [2.05, 4.69) is 28.3 Å². The summed E-state index contributed by atoms with van der Waals surface area (Å²) in [6, 6.07) is 8.23. The lowest BCUT2D eigenvalue weighted by Crippen LogP contribution is -1.96. The van der Waals surface area contributed by atoms with E-state index in [9.17, 15) is 8.78 Å². The quantitative estimate of drug-likeness (QED) is 0.742. The second-order valence-corrected chi connectivity index (χ2v) is 4.81. The molecule has 1 aromatic carbocycles. The van der Waals surface area contributed by atoms with Crippen LogP contribution in [0.3, 0.4) is 0 Å². The average molecular weight is 299 g/mol. The highest BCUT2D eigenvalue weighted by Gasteiger charge is 2.11. The van der Waals surface area contributed by atoms with Gasteiger partial charge in [0.15, 0.2) is 23.3 Å². The fourth-order valence-electron chi connectivity index (χ4n) is 1.86. The summed E-state index contributed by atoms with van der Waals surface area (Å²) in [6.45, 7) is 10.7. The molecule has 5 heteroatoms. The van der Waals surface area contributed by atoms with Crippen molar-refractivity contribution in [3.05, 3.63) is 59.7 Å². The zero-order chi connectivity index (χ0) is 16.3. The van der Waals surface area contributed by atoms with Crippen LogP contribution in [0.4, 0.5) is 20.4 Å². The van der Waals surface area contributed by atoms with Gasteiger partial charge in [-0.2, -0.15) is 0 Å². The van der Waals surface area contributed by atoms with Crippen LogP contribution in [-0.2, 0) is 0 Å². The molecule has 2 rings (SSSR count). The first-order chi connectivity index (χ1) is 10.4. The molecular formula is C17H15F2N3.